The van der Waals surface area contributed by atoms with Crippen molar-refractivity contribution in [2.24, 2.45) is 0 Å². The van der Waals surface area contributed by atoms with Gasteiger partial charge in [-0.1, -0.05) is 23.4 Å². The second kappa shape index (κ2) is 4.01. The Balaban J connectivity index is 3.05. The van der Waals surface area contributed by atoms with Gasteiger partial charge < -0.3 is 10.8 Å². The maximum atomic E-state index is 8.44. The van der Waals surface area contributed by atoms with Gasteiger partial charge in [0.05, 0.1) is 5.02 Å². The van der Waals surface area contributed by atoms with Crippen LogP contribution in [0.3, 0.4) is 0 Å². The van der Waals surface area contributed by atoms with Gasteiger partial charge in [-0.2, -0.15) is 0 Å². The van der Waals surface area contributed by atoms with Gasteiger partial charge in [0.1, 0.15) is 6.61 Å². The normalized spacial score (nSPS) is 8.83. The number of nitrogens with two attached hydrogens (primary N) is 1. The van der Waals surface area contributed by atoms with Crippen LogP contribution in [0.25, 0.3) is 0 Å². The standard InChI is InChI=1S/C9H8ClNO/c10-9-4-3-8(11)6-7(9)2-1-5-12/h3-4,6,12H,5,11H2. The number of hydrogen-bond acceptors (Lipinski definition) is 2. The summed E-state index contributed by atoms with van der Waals surface area (Å²) in [6, 6.07) is 5.05. The van der Waals surface area contributed by atoms with E-state index in [4.69, 9.17) is 22.4 Å². The van der Waals surface area contributed by atoms with E-state index in [1.54, 1.807) is 18.2 Å². The molecule has 0 amide bonds. The summed E-state index contributed by atoms with van der Waals surface area (Å²) in [5.74, 6) is 5.19. The van der Waals surface area contributed by atoms with Crippen LogP contribution in [0.5, 0.6) is 0 Å². The molecule has 0 fully saturated rings. The van der Waals surface area contributed by atoms with Gasteiger partial charge in [0.2, 0.25) is 0 Å². The zero-order valence-electron chi connectivity index (χ0n) is 6.34. The second-order valence-corrected chi connectivity index (χ2v) is 2.61. The second-order valence-electron chi connectivity index (χ2n) is 2.20. The SMILES string of the molecule is Nc1ccc(Cl)c(C#CCO)c1. The Hall–Kier alpha value is -1.17. The molecule has 0 bridgehead atoms. The molecule has 0 saturated carbocycles. The zero-order chi connectivity index (χ0) is 8.97. The number of hydrogen-bond donors (Lipinski definition) is 2. The minimum absolute atomic E-state index is 0.175. The Morgan fingerprint density at radius 2 is 2.25 bits per heavy atom. The number of benzene rings is 1. The molecule has 0 aliphatic carbocycles. The number of rotatable bonds is 0. The summed E-state index contributed by atoms with van der Waals surface area (Å²) in [7, 11) is 0. The lowest BCUT2D eigenvalue weighted by Crippen LogP contribution is -1.86. The van der Waals surface area contributed by atoms with Crippen LogP contribution in [0.2, 0.25) is 5.02 Å². The molecule has 0 spiro atoms. The molecular weight excluding hydrogens is 174 g/mol. The number of aliphatic hydroxyl groups is 1. The molecular formula is C9H8ClNO. The molecule has 0 aliphatic heterocycles. The van der Waals surface area contributed by atoms with E-state index in [-0.39, 0.29) is 6.61 Å². The molecule has 3 N–H and O–H groups in total. The van der Waals surface area contributed by atoms with Crippen molar-refractivity contribution >= 4 is 17.3 Å². The molecule has 0 unspecified atom stereocenters. The minimum atomic E-state index is -0.175. The molecule has 0 saturated heterocycles. The highest BCUT2D eigenvalue weighted by Gasteiger charge is 1.95. The molecule has 0 heterocycles. The fourth-order valence-electron chi connectivity index (χ4n) is 0.773. The van der Waals surface area contributed by atoms with Crippen LogP contribution in [-0.4, -0.2) is 11.7 Å². The topological polar surface area (TPSA) is 46.2 Å². The lowest BCUT2D eigenvalue weighted by atomic mass is 10.2. The van der Waals surface area contributed by atoms with Crippen LogP contribution in [0.15, 0.2) is 18.2 Å². The van der Waals surface area contributed by atoms with Gasteiger partial charge >= 0.3 is 0 Å². The third kappa shape index (κ3) is 2.16. The summed E-state index contributed by atoms with van der Waals surface area (Å²) in [6.07, 6.45) is 0. The average Bonchev–Trinajstić information content (AvgIpc) is 2.07. The van der Waals surface area contributed by atoms with Crippen molar-refractivity contribution in [3.63, 3.8) is 0 Å². The largest absolute Gasteiger partial charge is 0.399 e. The summed E-state index contributed by atoms with van der Waals surface area (Å²) in [5, 5.41) is 8.99. The first-order valence-corrected chi connectivity index (χ1v) is 3.76. The fourth-order valence-corrected chi connectivity index (χ4v) is 0.938. The van der Waals surface area contributed by atoms with Crippen molar-refractivity contribution in [3.05, 3.63) is 28.8 Å². The predicted octanol–water partition coefficient (Wildman–Crippen LogP) is 1.27. The number of aliphatic hydroxyl groups excluding tert-OH is 1. The fraction of sp³-hybridized carbons (Fsp3) is 0.111. The van der Waals surface area contributed by atoms with E-state index in [2.05, 4.69) is 11.8 Å². The van der Waals surface area contributed by atoms with E-state index < -0.39 is 0 Å². The van der Waals surface area contributed by atoms with E-state index in [1.807, 2.05) is 0 Å². The van der Waals surface area contributed by atoms with E-state index in [0.717, 1.165) is 0 Å². The third-order valence-corrected chi connectivity index (χ3v) is 1.62. The van der Waals surface area contributed by atoms with Crippen LogP contribution in [0.4, 0.5) is 5.69 Å². The van der Waals surface area contributed by atoms with Crippen LogP contribution in [0, 0.1) is 11.8 Å². The highest BCUT2D eigenvalue weighted by atomic mass is 35.5. The maximum absolute atomic E-state index is 8.44. The summed E-state index contributed by atoms with van der Waals surface area (Å²) in [6.45, 7) is -0.175. The Labute approximate surface area is 76.0 Å². The summed E-state index contributed by atoms with van der Waals surface area (Å²) < 4.78 is 0. The monoisotopic (exact) mass is 181 g/mol. The molecule has 0 aromatic heterocycles. The van der Waals surface area contributed by atoms with Crippen LogP contribution >= 0.6 is 11.6 Å². The van der Waals surface area contributed by atoms with E-state index >= 15 is 0 Å². The van der Waals surface area contributed by atoms with Gasteiger partial charge in [-0.15, -0.1) is 0 Å². The third-order valence-electron chi connectivity index (χ3n) is 1.29. The lowest BCUT2D eigenvalue weighted by Gasteiger charge is -1.96. The Bertz CT molecular complexity index is 338. The number of halogens is 1. The first-order valence-electron chi connectivity index (χ1n) is 3.39. The van der Waals surface area contributed by atoms with Gasteiger partial charge in [0.25, 0.3) is 0 Å². The molecule has 12 heavy (non-hydrogen) atoms. The molecule has 1 aromatic rings. The number of anilines is 1. The van der Waals surface area contributed by atoms with Crippen molar-refractivity contribution in [2.45, 2.75) is 0 Å². The van der Waals surface area contributed by atoms with E-state index in [0.29, 0.717) is 16.3 Å². The summed E-state index contributed by atoms with van der Waals surface area (Å²) in [4.78, 5) is 0. The first-order chi connectivity index (χ1) is 5.74. The molecule has 2 nitrogen and oxygen atoms in total. The van der Waals surface area contributed by atoms with Gasteiger partial charge in [-0.25, -0.2) is 0 Å². The van der Waals surface area contributed by atoms with Crippen molar-refractivity contribution in [2.75, 3.05) is 12.3 Å². The summed E-state index contributed by atoms with van der Waals surface area (Å²) in [5.41, 5.74) is 6.77. The Morgan fingerprint density at radius 3 is 2.92 bits per heavy atom. The average molecular weight is 182 g/mol. The quantitative estimate of drug-likeness (QED) is 0.468. The van der Waals surface area contributed by atoms with Gasteiger partial charge in [-0.05, 0) is 18.2 Å². The van der Waals surface area contributed by atoms with Gasteiger partial charge in [-0.3, -0.25) is 0 Å². The van der Waals surface area contributed by atoms with Crippen LogP contribution in [-0.2, 0) is 0 Å². The molecule has 3 heteroatoms. The zero-order valence-corrected chi connectivity index (χ0v) is 7.10. The highest BCUT2D eigenvalue weighted by Crippen LogP contribution is 2.17. The highest BCUT2D eigenvalue weighted by molar-refractivity contribution is 6.31. The molecule has 0 radical (unpaired) electrons. The first kappa shape index (κ1) is 8.92. The van der Waals surface area contributed by atoms with Crippen LogP contribution in [0.1, 0.15) is 5.56 Å². The van der Waals surface area contributed by atoms with E-state index in [1.165, 1.54) is 0 Å². The van der Waals surface area contributed by atoms with Crippen molar-refractivity contribution in [1.82, 2.24) is 0 Å². The lowest BCUT2D eigenvalue weighted by molar-refractivity contribution is 0.350. The van der Waals surface area contributed by atoms with Gasteiger partial charge in [0, 0.05) is 11.3 Å². The molecule has 0 aliphatic rings. The molecule has 0 atom stereocenters. The maximum Gasteiger partial charge on any atom is 0.104 e. The Morgan fingerprint density at radius 1 is 1.50 bits per heavy atom. The Kier molecular flexibility index (Phi) is 2.98. The van der Waals surface area contributed by atoms with Crippen molar-refractivity contribution in [1.29, 1.82) is 0 Å². The van der Waals surface area contributed by atoms with E-state index in [9.17, 15) is 0 Å². The molecule has 1 aromatic carbocycles. The van der Waals surface area contributed by atoms with Crippen molar-refractivity contribution in [3.8, 4) is 11.8 Å². The van der Waals surface area contributed by atoms with Crippen molar-refractivity contribution < 1.29 is 5.11 Å². The molecule has 62 valence electrons. The predicted molar refractivity (Wildman–Crippen MR) is 49.8 cm³/mol. The smallest absolute Gasteiger partial charge is 0.104 e. The van der Waals surface area contributed by atoms with Gasteiger partial charge in [0.15, 0.2) is 0 Å². The number of nitrogen functional groups attached to an aromatic ring is 1. The molecule has 1 rings (SSSR count). The summed E-state index contributed by atoms with van der Waals surface area (Å²) >= 11 is 5.79. The van der Waals surface area contributed by atoms with Crippen LogP contribution < -0.4 is 5.73 Å². The minimum Gasteiger partial charge on any atom is -0.399 e.